The average molecular weight is 260 g/mol. The van der Waals surface area contributed by atoms with Crippen LogP contribution in [0.5, 0.6) is 0 Å². The van der Waals surface area contributed by atoms with Gasteiger partial charge >= 0.3 is 0 Å². The molecule has 0 saturated carbocycles. The van der Waals surface area contributed by atoms with Crippen molar-refractivity contribution in [2.75, 3.05) is 20.1 Å². The molecule has 0 aliphatic carbocycles. The third kappa shape index (κ3) is 4.66. The molecular formula is C13H19F3N2. The monoisotopic (exact) mass is 260 g/mol. The maximum absolute atomic E-state index is 13.4. The van der Waals surface area contributed by atoms with E-state index in [9.17, 15) is 13.2 Å². The van der Waals surface area contributed by atoms with Gasteiger partial charge in [-0.1, -0.05) is 13.8 Å². The van der Waals surface area contributed by atoms with E-state index in [1.165, 1.54) is 0 Å². The van der Waals surface area contributed by atoms with E-state index in [4.69, 9.17) is 0 Å². The summed E-state index contributed by atoms with van der Waals surface area (Å²) in [5, 5.41) is 3.21. The first kappa shape index (κ1) is 15.0. The maximum Gasteiger partial charge on any atom is 0.133 e. The average Bonchev–Trinajstić information content (AvgIpc) is 2.22. The van der Waals surface area contributed by atoms with Crippen molar-refractivity contribution in [3.05, 3.63) is 35.1 Å². The topological polar surface area (TPSA) is 15.3 Å². The van der Waals surface area contributed by atoms with Crippen molar-refractivity contribution in [2.45, 2.75) is 26.4 Å². The van der Waals surface area contributed by atoms with Gasteiger partial charge in [-0.25, -0.2) is 13.2 Å². The lowest BCUT2D eigenvalue weighted by Gasteiger charge is -2.18. The van der Waals surface area contributed by atoms with Crippen molar-refractivity contribution in [1.82, 2.24) is 10.2 Å². The van der Waals surface area contributed by atoms with Crippen LogP contribution < -0.4 is 5.32 Å². The molecule has 0 aliphatic heterocycles. The van der Waals surface area contributed by atoms with Gasteiger partial charge in [-0.3, -0.25) is 0 Å². The molecule has 0 unspecified atom stereocenters. The number of hydrogen-bond donors (Lipinski definition) is 1. The summed E-state index contributed by atoms with van der Waals surface area (Å²) in [6.45, 7) is 5.57. The number of likely N-dealkylation sites (N-methyl/N-ethyl adjacent to an activating group) is 1. The maximum atomic E-state index is 13.4. The number of benzene rings is 1. The molecule has 0 atom stereocenters. The summed E-state index contributed by atoms with van der Waals surface area (Å²) in [7, 11) is 1.77. The summed E-state index contributed by atoms with van der Waals surface area (Å²) in [5.74, 6) is -2.56. The first-order chi connectivity index (χ1) is 8.40. The Balaban J connectivity index is 2.56. The molecule has 0 aromatic heterocycles. The van der Waals surface area contributed by atoms with Gasteiger partial charge in [0.2, 0.25) is 0 Å². The minimum atomic E-state index is -0.891. The number of halogens is 3. The Morgan fingerprint density at radius 3 is 2.22 bits per heavy atom. The van der Waals surface area contributed by atoms with Crippen LogP contribution in [0.2, 0.25) is 0 Å². The zero-order valence-corrected chi connectivity index (χ0v) is 10.9. The van der Waals surface area contributed by atoms with Crippen LogP contribution in [0.15, 0.2) is 12.1 Å². The molecule has 0 aliphatic rings. The first-order valence-electron chi connectivity index (χ1n) is 5.95. The predicted molar refractivity (Wildman–Crippen MR) is 65.8 cm³/mol. The second-order valence-corrected chi connectivity index (χ2v) is 4.69. The molecule has 102 valence electrons. The Morgan fingerprint density at radius 1 is 1.17 bits per heavy atom. The largest absolute Gasteiger partial charge is 0.313 e. The van der Waals surface area contributed by atoms with Crippen LogP contribution >= 0.6 is 0 Å². The van der Waals surface area contributed by atoms with Gasteiger partial charge < -0.3 is 10.2 Å². The smallest absolute Gasteiger partial charge is 0.133 e. The summed E-state index contributed by atoms with van der Waals surface area (Å²) >= 11 is 0. The van der Waals surface area contributed by atoms with E-state index in [0.717, 1.165) is 6.54 Å². The van der Waals surface area contributed by atoms with E-state index in [-0.39, 0.29) is 12.1 Å². The van der Waals surface area contributed by atoms with Crippen LogP contribution in [-0.4, -0.2) is 31.1 Å². The van der Waals surface area contributed by atoms with E-state index < -0.39 is 17.5 Å². The van der Waals surface area contributed by atoms with Crippen molar-refractivity contribution >= 4 is 0 Å². The van der Waals surface area contributed by atoms with E-state index >= 15 is 0 Å². The highest BCUT2D eigenvalue weighted by atomic mass is 19.1. The Labute approximate surface area is 106 Å². The Bertz CT molecular complexity index is 371. The van der Waals surface area contributed by atoms with Crippen LogP contribution in [0.3, 0.4) is 0 Å². The number of hydrogen-bond acceptors (Lipinski definition) is 2. The lowest BCUT2D eigenvalue weighted by Crippen LogP contribution is -2.32. The molecule has 0 spiro atoms. The van der Waals surface area contributed by atoms with Gasteiger partial charge in [0.15, 0.2) is 0 Å². The molecule has 0 bridgehead atoms. The number of rotatable bonds is 6. The van der Waals surface area contributed by atoms with Gasteiger partial charge in [0.25, 0.3) is 0 Å². The highest BCUT2D eigenvalue weighted by Crippen LogP contribution is 2.16. The summed E-state index contributed by atoms with van der Waals surface area (Å²) in [6.07, 6.45) is 0. The van der Waals surface area contributed by atoms with Crippen molar-refractivity contribution in [3.8, 4) is 0 Å². The predicted octanol–water partition coefficient (Wildman–Crippen LogP) is 2.53. The molecule has 0 amide bonds. The van der Waals surface area contributed by atoms with Gasteiger partial charge in [0, 0.05) is 43.4 Å². The molecule has 0 radical (unpaired) electrons. The fourth-order valence-corrected chi connectivity index (χ4v) is 1.62. The van der Waals surface area contributed by atoms with Gasteiger partial charge in [-0.15, -0.1) is 0 Å². The molecule has 1 aromatic rings. The van der Waals surface area contributed by atoms with Gasteiger partial charge in [-0.2, -0.15) is 0 Å². The Kier molecular flexibility index (Phi) is 5.62. The third-order valence-corrected chi connectivity index (χ3v) is 2.58. The first-order valence-corrected chi connectivity index (χ1v) is 5.95. The molecular weight excluding hydrogens is 241 g/mol. The molecule has 5 heteroatoms. The molecule has 0 fully saturated rings. The van der Waals surface area contributed by atoms with Crippen LogP contribution in [0.25, 0.3) is 0 Å². The van der Waals surface area contributed by atoms with Crippen LogP contribution in [0.4, 0.5) is 13.2 Å². The lowest BCUT2D eigenvalue weighted by molar-refractivity contribution is 0.308. The minimum absolute atomic E-state index is 0.0940. The fourth-order valence-electron chi connectivity index (χ4n) is 1.62. The van der Waals surface area contributed by atoms with E-state index in [1.807, 2.05) is 13.8 Å². The van der Waals surface area contributed by atoms with E-state index in [0.29, 0.717) is 24.7 Å². The molecule has 0 saturated heterocycles. The lowest BCUT2D eigenvalue weighted by atomic mass is 10.2. The molecule has 1 rings (SSSR count). The molecule has 18 heavy (non-hydrogen) atoms. The van der Waals surface area contributed by atoms with Crippen LogP contribution in [0.1, 0.15) is 19.4 Å². The summed E-state index contributed by atoms with van der Waals surface area (Å²) < 4.78 is 39.5. The highest BCUT2D eigenvalue weighted by molar-refractivity contribution is 5.20. The van der Waals surface area contributed by atoms with E-state index in [1.54, 1.807) is 11.9 Å². The van der Waals surface area contributed by atoms with E-state index in [2.05, 4.69) is 5.32 Å². The standard InChI is InChI=1S/C13H19F3N2/c1-9(2)17-4-5-18(3)8-11-12(15)6-10(14)7-13(11)16/h6-7,9,17H,4-5,8H2,1-3H3. The molecule has 1 N–H and O–H groups in total. The normalized spacial score (nSPS) is 11.6. The number of nitrogens with one attached hydrogen (secondary N) is 1. The Morgan fingerprint density at radius 2 is 1.72 bits per heavy atom. The third-order valence-electron chi connectivity index (χ3n) is 2.58. The molecule has 1 aromatic carbocycles. The van der Waals surface area contributed by atoms with Crippen LogP contribution in [-0.2, 0) is 6.54 Å². The SMILES string of the molecule is CC(C)NCCN(C)Cc1c(F)cc(F)cc1F. The fraction of sp³-hybridized carbons (Fsp3) is 0.538. The second kappa shape index (κ2) is 6.75. The van der Waals surface area contributed by atoms with Crippen molar-refractivity contribution < 1.29 is 13.2 Å². The van der Waals surface area contributed by atoms with Gasteiger partial charge in [-0.05, 0) is 7.05 Å². The summed E-state index contributed by atoms with van der Waals surface area (Å²) in [4.78, 5) is 1.79. The quantitative estimate of drug-likeness (QED) is 0.845. The number of nitrogens with zero attached hydrogens (tertiary/aromatic N) is 1. The molecule has 0 heterocycles. The van der Waals surface area contributed by atoms with Gasteiger partial charge in [0.05, 0.1) is 0 Å². The zero-order chi connectivity index (χ0) is 13.7. The summed E-state index contributed by atoms with van der Waals surface area (Å²) in [5.41, 5.74) is -0.0940. The summed E-state index contributed by atoms with van der Waals surface area (Å²) in [6, 6.07) is 1.79. The molecule has 2 nitrogen and oxygen atoms in total. The Hall–Kier alpha value is -1.07. The minimum Gasteiger partial charge on any atom is -0.313 e. The highest BCUT2D eigenvalue weighted by Gasteiger charge is 2.13. The zero-order valence-electron chi connectivity index (χ0n) is 10.9. The van der Waals surface area contributed by atoms with Crippen molar-refractivity contribution in [1.29, 1.82) is 0 Å². The second-order valence-electron chi connectivity index (χ2n) is 4.69. The van der Waals surface area contributed by atoms with Crippen LogP contribution in [0, 0.1) is 17.5 Å². The van der Waals surface area contributed by atoms with Crippen molar-refractivity contribution in [3.63, 3.8) is 0 Å². The van der Waals surface area contributed by atoms with Gasteiger partial charge in [0.1, 0.15) is 17.5 Å². The van der Waals surface area contributed by atoms with Crippen molar-refractivity contribution in [2.24, 2.45) is 0 Å².